The van der Waals surface area contributed by atoms with Crippen molar-refractivity contribution in [3.05, 3.63) is 35.4 Å². The van der Waals surface area contributed by atoms with Crippen molar-refractivity contribution in [3.8, 4) is 0 Å². The summed E-state index contributed by atoms with van der Waals surface area (Å²) in [6, 6.07) is 6.98. The minimum atomic E-state index is 0.165. The molecule has 2 atom stereocenters. The number of anilines is 1. The molecule has 1 aromatic carbocycles. The highest BCUT2D eigenvalue weighted by atomic mass is 16.2. The Hall–Kier alpha value is -1.61. The molecule has 0 aromatic heterocycles. The standard InChI is InChI=1S/C17H20N2O/c1-11(20)19-10-12-9-16-13(6-4-8-18(16)2)14-5-3-7-15(19)17(12)14/h3,5-7,12,16H,4,8-10H2,1-2H3/t12?,16-/m1/s1. The van der Waals surface area contributed by atoms with Crippen LogP contribution >= 0.6 is 0 Å². The van der Waals surface area contributed by atoms with Crippen LogP contribution in [0.1, 0.15) is 36.8 Å². The van der Waals surface area contributed by atoms with Gasteiger partial charge in [-0.3, -0.25) is 9.69 Å². The van der Waals surface area contributed by atoms with E-state index >= 15 is 0 Å². The second-order valence-corrected chi connectivity index (χ2v) is 6.25. The van der Waals surface area contributed by atoms with Crippen molar-refractivity contribution in [1.29, 1.82) is 0 Å². The summed E-state index contributed by atoms with van der Waals surface area (Å²) in [4.78, 5) is 16.3. The summed E-state index contributed by atoms with van der Waals surface area (Å²) < 4.78 is 0. The van der Waals surface area contributed by atoms with Crippen molar-refractivity contribution in [2.75, 3.05) is 25.0 Å². The Labute approximate surface area is 119 Å². The third-order valence-corrected chi connectivity index (χ3v) is 5.12. The molecule has 2 heterocycles. The lowest BCUT2D eigenvalue weighted by atomic mass is 9.76. The van der Waals surface area contributed by atoms with Gasteiger partial charge in [-0.2, -0.15) is 0 Å². The summed E-state index contributed by atoms with van der Waals surface area (Å²) in [6.07, 6.45) is 4.69. The topological polar surface area (TPSA) is 23.6 Å². The first-order valence-corrected chi connectivity index (χ1v) is 7.48. The van der Waals surface area contributed by atoms with E-state index in [0.717, 1.165) is 31.6 Å². The molecule has 0 radical (unpaired) electrons. The largest absolute Gasteiger partial charge is 0.312 e. The molecule has 4 rings (SSSR count). The van der Waals surface area contributed by atoms with Crippen LogP contribution < -0.4 is 4.90 Å². The number of hydrogen-bond acceptors (Lipinski definition) is 2. The Bertz CT molecular complexity index is 619. The quantitative estimate of drug-likeness (QED) is 0.722. The number of amides is 1. The van der Waals surface area contributed by atoms with Crippen LogP contribution in [0.15, 0.2) is 24.3 Å². The van der Waals surface area contributed by atoms with Gasteiger partial charge in [-0.05, 0) is 42.7 Å². The summed E-state index contributed by atoms with van der Waals surface area (Å²) in [5.74, 6) is 0.672. The van der Waals surface area contributed by atoms with Crippen LogP contribution in [-0.2, 0) is 4.79 Å². The van der Waals surface area contributed by atoms with Gasteiger partial charge < -0.3 is 4.90 Å². The highest BCUT2D eigenvalue weighted by Crippen LogP contribution is 2.49. The maximum atomic E-state index is 11.9. The predicted octanol–water partition coefficient (Wildman–Crippen LogP) is 2.63. The maximum absolute atomic E-state index is 11.9. The number of fused-ring (bicyclic) bond motifs is 2. The summed E-state index contributed by atoms with van der Waals surface area (Å²) >= 11 is 0. The molecule has 1 amide bonds. The van der Waals surface area contributed by atoms with Crippen LogP contribution in [0.25, 0.3) is 5.57 Å². The Morgan fingerprint density at radius 3 is 3.00 bits per heavy atom. The SMILES string of the molecule is CC(=O)N1CC2C[C@@H]3C(=CCCN3C)c3cccc1c32. The Kier molecular flexibility index (Phi) is 2.55. The predicted molar refractivity (Wildman–Crippen MR) is 80.8 cm³/mol. The Morgan fingerprint density at radius 2 is 2.20 bits per heavy atom. The molecular weight excluding hydrogens is 248 g/mol. The molecular formula is C17H20N2O. The van der Waals surface area contributed by atoms with Crippen molar-refractivity contribution in [3.63, 3.8) is 0 Å². The minimum Gasteiger partial charge on any atom is -0.312 e. The van der Waals surface area contributed by atoms with Gasteiger partial charge in [-0.25, -0.2) is 0 Å². The maximum Gasteiger partial charge on any atom is 0.223 e. The molecule has 3 heteroatoms. The fourth-order valence-electron chi connectivity index (χ4n) is 4.19. The Morgan fingerprint density at radius 1 is 1.35 bits per heavy atom. The first-order chi connectivity index (χ1) is 9.66. The van der Waals surface area contributed by atoms with Crippen LogP contribution in [0.2, 0.25) is 0 Å². The lowest BCUT2D eigenvalue weighted by molar-refractivity contribution is -0.116. The molecule has 1 aromatic rings. The van der Waals surface area contributed by atoms with Gasteiger partial charge in [0.25, 0.3) is 0 Å². The molecule has 0 fully saturated rings. The molecule has 0 saturated carbocycles. The summed E-state index contributed by atoms with van der Waals surface area (Å²) in [5, 5.41) is 0. The second-order valence-electron chi connectivity index (χ2n) is 6.25. The molecule has 2 aliphatic heterocycles. The van der Waals surface area contributed by atoms with Crippen molar-refractivity contribution < 1.29 is 4.79 Å². The van der Waals surface area contributed by atoms with Crippen molar-refractivity contribution in [2.45, 2.75) is 31.7 Å². The molecule has 0 bridgehead atoms. The number of carbonyl (C=O) groups is 1. The molecule has 0 spiro atoms. The fourth-order valence-corrected chi connectivity index (χ4v) is 4.19. The van der Waals surface area contributed by atoms with E-state index in [0.29, 0.717) is 12.0 Å². The third kappa shape index (κ3) is 1.53. The first-order valence-electron chi connectivity index (χ1n) is 7.48. The zero-order valence-electron chi connectivity index (χ0n) is 12.1. The van der Waals surface area contributed by atoms with E-state index in [-0.39, 0.29) is 5.91 Å². The van der Waals surface area contributed by atoms with Crippen molar-refractivity contribution in [1.82, 2.24) is 4.90 Å². The normalized spacial score (nSPS) is 27.9. The van der Waals surface area contributed by atoms with Gasteiger partial charge in [0, 0.05) is 37.7 Å². The van der Waals surface area contributed by atoms with Crippen LogP contribution in [0.4, 0.5) is 5.69 Å². The molecule has 1 unspecified atom stereocenters. The average molecular weight is 268 g/mol. The van der Waals surface area contributed by atoms with Crippen molar-refractivity contribution >= 4 is 17.2 Å². The number of hydrogen-bond donors (Lipinski definition) is 0. The molecule has 20 heavy (non-hydrogen) atoms. The molecule has 1 aliphatic carbocycles. The summed E-state index contributed by atoms with van der Waals surface area (Å²) in [5.41, 5.74) is 5.43. The molecule has 3 aliphatic rings. The highest BCUT2D eigenvalue weighted by Gasteiger charge is 2.41. The number of likely N-dealkylation sites (N-methyl/N-ethyl adjacent to an activating group) is 1. The second kappa shape index (κ2) is 4.19. The Balaban J connectivity index is 1.89. The number of nitrogens with zero attached hydrogens (tertiary/aromatic N) is 2. The lowest BCUT2D eigenvalue weighted by Gasteiger charge is -2.39. The van der Waals surface area contributed by atoms with Crippen LogP contribution in [0, 0.1) is 0 Å². The number of rotatable bonds is 0. The van der Waals surface area contributed by atoms with E-state index in [1.165, 1.54) is 16.7 Å². The smallest absolute Gasteiger partial charge is 0.223 e. The van der Waals surface area contributed by atoms with Crippen LogP contribution in [-0.4, -0.2) is 37.0 Å². The summed E-state index contributed by atoms with van der Waals surface area (Å²) in [6.45, 7) is 3.68. The first kappa shape index (κ1) is 12.2. The van der Waals surface area contributed by atoms with E-state index in [4.69, 9.17) is 0 Å². The van der Waals surface area contributed by atoms with Gasteiger partial charge in [-0.15, -0.1) is 0 Å². The minimum absolute atomic E-state index is 0.165. The zero-order chi connectivity index (χ0) is 13.9. The van der Waals surface area contributed by atoms with E-state index < -0.39 is 0 Å². The average Bonchev–Trinajstić information content (AvgIpc) is 2.81. The molecule has 3 nitrogen and oxygen atoms in total. The monoisotopic (exact) mass is 268 g/mol. The lowest BCUT2D eigenvalue weighted by Crippen LogP contribution is -2.40. The van der Waals surface area contributed by atoms with Gasteiger partial charge in [0.2, 0.25) is 5.91 Å². The van der Waals surface area contributed by atoms with E-state index in [9.17, 15) is 4.79 Å². The highest BCUT2D eigenvalue weighted by molar-refractivity contribution is 5.96. The zero-order valence-corrected chi connectivity index (χ0v) is 12.1. The molecule has 0 N–H and O–H groups in total. The van der Waals surface area contributed by atoms with Crippen LogP contribution in [0.5, 0.6) is 0 Å². The summed E-state index contributed by atoms with van der Waals surface area (Å²) in [7, 11) is 2.23. The van der Waals surface area contributed by atoms with Gasteiger partial charge in [0.15, 0.2) is 0 Å². The fraction of sp³-hybridized carbons (Fsp3) is 0.471. The number of benzene rings is 1. The molecule has 0 saturated heterocycles. The van der Waals surface area contributed by atoms with E-state index in [2.05, 4.69) is 36.2 Å². The van der Waals surface area contributed by atoms with Gasteiger partial charge in [0.05, 0.1) is 0 Å². The number of carbonyl (C=O) groups excluding carboxylic acids is 1. The van der Waals surface area contributed by atoms with Gasteiger partial charge >= 0.3 is 0 Å². The third-order valence-electron chi connectivity index (χ3n) is 5.12. The van der Waals surface area contributed by atoms with Gasteiger partial charge in [-0.1, -0.05) is 18.2 Å². The molecule has 104 valence electrons. The van der Waals surface area contributed by atoms with Crippen molar-refractivity contribution in [2.24, 2.45) is 0 Å². The van der Waals surface area contributed by atoms with Crippen LogP contribution in [0.3, 0.4) is 0 Å². The van der Waals surface area contributed by atoms with E-state index in [1.807, 2.05) is 4.90 Å². The van der Waals surface area contributed by atoms with Gasteiger partial charge in [0.1, 0.15) is 0 Å². The van der Waals surface area contributed by atoms with E-state index in [1.54, 1.807) is 6.92 Å².